The number of rotatable bonds is 6. The molecule has 0 aliphatic carbocycles. The van der Waals surface area contributed by atoms with E-state index in [1.807, 2.05) is 23.8 Å². The van der Waals surface area contributed by atoms with E-state index in [1.165, 1.54) is 6.33 Å². The van der Waals surface area contributed by atoms with Crippen molar-refractivity contribution in [3.8, 4) is 5.82 Å². The molecule has 0 radical (unpaired) electrons. The van der Waals surface area contributed by atoms with Crippen LogP contribution in [0.15, 0.2) is 24.8 Å². The van der Waals surface area contributed by atoms with Gasteiger partial charge in [0, 0.05) is 31.5 Å². The summed E-state index contributed by atoms with van der Waals surface area (Å²) in [6.45, 7) is 4.66. The van der Waals surface area contributed by atoms with Crippen molar-refractivity contribution in [1.82, 2.24) is 34.4 Å². The van der Waals surface area contributed by atoms with E-state index in [9.17, 15) is 4.79 Å². The summed E-state index contributed by atoms with van der Waals surface area (Å²) < 4.78 is 5.62. The standard InChI is InChI=1S/C14H16N8OS/c1-9-13(24-21-20-9)14(23)17-4-3-16-11-7-12(19-8-18-11)22-6-5-15-10(22)2/h5-8H,3-4H2,1-2H3,(H,17,23)(H,16,18,19). The van der Waals surface area contributed by atoms with Gasteiger partial charge in [0.15, 0.2) is 0 Å². The zero-order valence-corrected chi connectivity index (χ0v) is 14.0. The fourth-order valence-electron chi connectivity index (χ4n) is 2.08. The molecule has 0 unspecified atom stereocenters. The summed E-state index contributed by atoms with van der Waals surface area (Å²) in [6, 6.07) is 1.83. The molecule has 3 aromatic rings. The van der Waals surface area contributed by atoms with Gasteiger partial charge in [-0.2, -0.15) is 0 Å². The first-order valence-electron chi connectivity index (χ1n) is 7.28. The molecule has 0 spiro atoms. The second-order valence-corrected chi connectivity index (χ2v) is 5.73. The lowest BCUT2D eigenvalue weighted by molar-refractivity contribution is 0.0958. The molecule has 0 fully saturated rings. The Balaban J connectivity index is 1.53. The molecule has 0 aliphatic rings. The summed E-state index contributed by atoms with van der Waals surface area (Å²) in [5.74, 6) is 2.10. The largest absolute Gasteiger partial charge is 0.368 e. The van der Waals surface area contributed by atoms with Gasteiger partial charge in [-0.3, -0.25) is 9.36 Å². The van der Waals surface area contributed by atoms with Gasteiger partial charge in [-0.25, -0.2) is 15.0 Å². The Hall–Kier alpha value is -2.88. The van der Waals surface area contributed by atoms with Crippen LogP contribution in [-0.4, -0.2) is 48.1 Å². The molecule has 1 amide bonds. The molecule has 24 heavy (non-hydrogen) atoms. The van der Waals surface area contributed by atoms with Gasteiger partial charge in [0.05, 0.1) is 5.69 Å². The van der Waals surface area contributed by atoms with Gasteiger partial charge in [-0.05, 0) is 25.4 Å². The van der Waals surface area contributed by atoms with Crippen LogP contribution in [0, 0.1) is 13.8 Å². The lowest BCUT2D eigenvalue weighted by atomic mass is 10.4. The minimum absolute atomic E-state index is 0.165. The molecule has 0 bridgehead atoms. The summed E-state index contributed by atoms with van der Waals surface area (Å²) in [4.78, 5) is 25.1. The van der Waals surface area contributed by atoms with Crippen LogP contribution in [0.4, 0.5) is 5.82 Å². The summed E-state index contributed by atoms with van der Waals surface area (Å²) >= 11 is 1.09. The Morgan fingerprint density at radius 3 is 2.83 bits per heavy atom. The maximum Gasteiger partial charge on any atom is 0.265 e. The van der Waals surface area contributed by atoms with Crippen LogP contribution in [-0.2, 0) is 0 Å². The number of carbonyl (C=O) groups excluding carboxylic acids is 1. The van der Waals surface area contributed by atoms with Crippen molar-refractivity contribution in [3.05, 3.63) is 41.2 Å². The second kappa shape index (κ2) is 7.13. The number of aromatic nitrogens is 6. The highest BCUT2D eigenvalue weighted by molar-refractivity contribution is 7.07. The number of carbonyl (C=O) groups is 1. The van der Waals surface area contributed by atoms with Crippen molar-refractivity contribution in [3.63, 3.8) is 0 Å². The maximum absolute atomic E-state index is 11.9. The van der Waals surface area contributed by atoms with Crippen LogP contribution in [0.3, 0.4) is 0 Å². The lowest BCUT2D eigenvalue weighted by Crippen LogP contribution is -2.28. The summed E-state index contributed by atoms with van der Waals surface area (Å²) in [5, 5.41) is 9.79. The van der Waals surface area contributed by atoms with Gasteiger partial charge in [0.2, 0.25) is 0 Å². The predicted octanol–water partition coefficient (Wildman–Crippen LogP) is 0.973. The number of hydrogen-bond donors (Lipinski definition) is 2. The van der Waals surface area contributed by atoms with E-state index in [2.05, 4.69) is 35.2 Å². The molecule has 124 valence electrons. The maximum atomic E-state index is 11.9. The molecular weight excluding hydrogens is 328 g/mol. The Labute approximate surface area is 142 Å². The van der Waals surface area contributed by atoms with Crippen molar-refractivity contribution in [2.45, 2.75) is 13.8 Å². The first-order chi connectivity index (χ1) is 11.6. The van der Waals surface area contributed by atoms with Crippen molar-refractivity contribution in [2.75, 3.05) is 18.4 Å². The van der Waals surface area contributed by atoms with Crippen molar-refractivity contribution < 1.29 is 4.79 Å². The number of aryl methyl sites for hydroxylation is 2. The highest BCUT2D eigenvalue weighted by atomic mass is 32.1. The van der Waals surface area contributed by atoms with E-state index in [1.54, 1.807) is 13.1 Å². The fourth-order valence-corrected chi connectivity index (χ4v) is 2.66. The van der Waals surface area contributed by atoms with Crippen molar-refractivity contribution >= 4 is 23.3 Å². The van der Waals surface area contributed by atoms with Gasteiger partial charge in [-0.15, -0.1) is 5.10 Å². The van der Waals surface area contributed by atoms with E-state index in [4.69, 9.17) is 0 Å². The first kappa shape index (κ1) is 16.0. The third kappa shape index (κ3) is 3.54. The van der Waals surface area contributed by atoms with Gasteiger partial charge in [-0.1, -0.05) is 4.49 Å². The molecule has 2 N–H and O–H groups in total. The molecule has 10 heteroatoms. The number of imidazole rings is 1. The number of nitrogens with one attached hydrogen (secondary N) is 2. The molecule has 9 nitrogen and oxygen atoms in total. The van der Waals surface area contributed by atoms with Crippen LogP contribution in [0.5, 0.6) is 0 Å². The smallest absolute Gasteiger partial charge is 0.265 e. The Morgan fingerprint density at radius 2 is 2.12 bits per heavy atom. The Bertz CT molecular complexity index is 843. The average Bonchev–Trinajstić information content (AvgIpc) is 3.20. The molecule has 3 heterocycles. The van der Waals surface area contributed by atoms with Gasteiger partial charge in [0.1, 0.15) is 28.7 Å². The third-order valence-corrected chi connectivity index (χ3v) is 4.13. The van der Waals surface area contributed by atoms with Crippen molar-refractivity contribution in [2.24, 2.45) is 0 Å². The summed E-state index contributed by atoms with van der Waals surface area (Å²) in [7, 11) is 0. The molecule has 0 atom stereocenters. The number of hydrogen-bond acceptors (Lipinski definition) is 8. The molecule has 0 aliphatic heterocycles. The third-order valence-electron chi connectivity index (χ3n) is 3.30. The van der Waals surface area contributed by atoms with Crippen molar-refractivity contribution in [1.29, 1.82) is 0 Å². The molecule has 0 aromatic carbocycles. The van der Waals surface area contributed by atoms with E-state index in [0.717, 1.165) is 23.2 Å². The molecule has 0 saturated heterocycles. The average molecular weight is 344 g/mol. The van der Waals surface area contributed by atoms with Crippen LogP contribution < -0.4 is 10.6 Å². The van der Waals surface area contributed by atoms with Crippen LogP contribution in [0.2, 0.25) is 0 Å². The normalized spacial score (nSPS) is 10.6. The number of nitrogens with zero attached hydrogens (tertiary/aromatic N) is 6. The quantitative estimate of drug-likeness (QED) is 0.641. The molecule has 3 aromatic heterocycles. The minimum atomic E-state index is -0.165. The monoisotopic (exact) mass is 344 g/mol. The first-order valence-corrected chi connectivity index (χ1v) is 8.06. The topological polar surface area (TPSA) is 111 Å². The highest BCUT2D eigenvalue weighted by Gasteiger charge is 2.12. The minimum Gasteiger partial charge on any atom is -0.368 e. The van der Waals surface area contributed by atoms with E-state index >= 15 is 0 Å². The van der Waals surface area contributed by atoms with Gasteiger partial charge in [0.25, 0.3) is 5.91 Å². The fraction of sp³-hybridized carbons (Fsp3) is 0.286. The Morgan fingerprint density at radius 1 is 1.25 bits per heavy atom. The van der Waals surface area contributed by atoms with E-state index in [0.29, 0.717) is 29.5 Å². The molecule has 0 saturated carbocycles. The number of amides is 1. The van der Waals surface area contributed by atoms with E-state index in [-0.39, 0.29) is 5.91 Å². The Kier molecular flexibility index (Phi) is 4.75. The zero-order valence-electron chi connectivity index (χ0n) is 13.2. The van der Waals surface area contributed by atoms with Gasteiger partial charge >= 0.3 is 0 Å². The molecule has 3 rings (SSSR count). The van der Waals surface area contributed by atoms with E-state index < -0.39 is 0 Å². The van der Waals surface area contributed by atoms with Gasteiger partial charge < -0.3 is 10.6 Å². The van der Waals surface area contributed by atoms with Crippen LogP contribution >= 0.6 is 11.5 Å². The highest BCUT2D eigenvalue weighted by Crippen LogP contribution is 2.11. The zero-order chi connectivity index (χ0) is 16.9. The molecular formula is C14H16N8OS. The summed E-state index contributed by atoms with van der Waals surface area (Å²) in [5.41, 5.74) is 0.640. The van der Waals surface area contributed by atoms with Crippen LogP contribution in [0.25, 0.3) is 5.82 Å². The lowest BCUT2D eigenvalue weighted by Gasteiger charge is -2.09. The predicted molar refractivity (Wildman–Crippen MR) is 89.4 cm³/mol. The van der Waals surface area contributed by atoms with Crippen LogP contribution in [0.1, 0.15) is 21.2 Å². The summed E-state index contributed by atoms with van der Waals surface area (Å²) in [6.07, 6.45) is 5.05. The number of anilines is 1. The second-order valence-electron chi connectivity index (χ2n) is 4.98. The SMILES string of the molecule is Cc1nnsc1C(=O)NCCNc1cc(-n2ccnc2C)ncn1.